The Balaban J connectivity index is 1.90. The number of benzene rings is 1. The van der Waals surface area contributed by atoms with Gasteiger partial charge in [0.2, 0.25) is 0 Å². The van der Waals surface area contributed by atoms with E-state index in [0.29, 0.717) is 28.3 Å². The molecule has 8 heteroatoms. The highest BCUT2D eigenvalue weighted by atomic mass is 16.4. The van der Waals surface area contributed by atoms with E-state index in [4.69, 9.17) is 5.11 Å². The number of carboxylic acid groups (broad SMARTS) is 1. The average Bonchev–Trinajstić information content (AvgIpc) is 3.01. The highest BCUT2D eigenvalue weighted by Gasteiger charge is 2.15. The Bertz CT molecular complexity index is 960. The highest BCUT2D eigenvalue weighted by molar-refractivity contribution is 6.08. The number of hydrogen-bond donors (Lipinski definition) is 2. The Labute approximate surface area is 149 Å². The number of rotatable bonds is 5. The first kappa shape index (κ1) is 17.3. The van der Waals surface area contributed by atoms with E-state index >= 15 is 0 Å². The summed E-state index contributed by atoms with van der Waals surface area (Å²) in [7, 11) is 0. The zero-order valence-electron chi connectivity index (χ0n) is 14.3. The summed E-state index contributed by atoms with van der Waals surface area (Å²) in [6.45, 7) is 3.34. The minimum absolute atomic E-state index is 0.242. The van der Waals surface area contributed by atoms with Crippen LogP contribution in [0.5, 0.6) is 0 Å². The fraction of sp³-hybridized carbons (Fsp3) is 0.167. The smallest absolute Gasteiger partial charge is 0.325 e. The maximum atomic E-state index is 12.7. The van der Waals surface area contributed by atoms with Gasteiger partial charge < -0.3 is 10.4 Å². The molecular formula is C18H17N5O3. The molecule has 0 fully saturated rings. The van der Waals surface area contributed by atoms with Crippen LogP contribution in [0.4, 0.5) is 5.82 Å². The van der Waals surface area contributed by atoms with E-state index in [2.05, 4.69) is 20.4 Å². The third-order valence-corrected chi connectivity index (χ3v) is 3.62. The van der Waals surface area contributed by atoms with Crippen LogP contribution in [0.25, 0.3) is 11.1 Å². The second-order valence-corrected chi connectivity index (χ2v) is 5.76. The second kappa shape index (κ2) is 7.14. The fourth-order valence-electron chi connectivity index (χ4n) is 2.63. The van der Waals surface area contributed by atoms with Crippen LogP contribution in [0.1, 0.15) is 21.9 Å². The van der Waals surface area contributed by atoms with Gasteiger partial charge in [-0.2, -0.15) is 5.10 Å². The number of nitrogens with zero attached hydrogens (tertiary/aromatic N) is 4. The van der Waals surface area contributed by atoms with Gasteiger partial charge in [-0.25, -0.2) is 9.97 Å². The van der Waals surface area contributed by atoms with Crippen LogP contribution >= 0.6 is 0 Å². The lowest BCUT2D eigenvalue weighted by molar-refractivity contribution is -0.137. The monoisotopic (exact) mass is 351 g/mol. The van der Waals surface area contributed by atoms with Gasteiger partial charge in [0.25, 0.3) is 5.91 Å². The van der Waals surface area contributed by atoms with Crippen molar-refractivity contribution in [2.75, 3.05) is 5.32 Å². The van der Waals surface area contributed by atoms with Gasteiger partial charge in [0.1, 0.15) is 18.2 Å². The molecule has 3 aromatic rings. The maximum Gasteiger partial charge on any atom is 0.325 e. The maximum absolute atomic E-state index is 12.7. The molecule has 0 spiro atoms. The Kier molecular flexibility index (Phi) is 4.74. The molecule has 0 saturated carbocycles. The van der Waals surface area contributed by atoms with Crippen molar-refractivity contribution in [3.8, 4) is 11.1 Å². The van der Waals surface area contributed by atoms with Gasteiger partial charge in [0, 0.05) is 29.1 Å². The summed E-state index contributed by atoms with van der Waals surface area (Å²) >= 11 is 0. The van der Waals surface area contributed by atoms with Gasteiger partial charge in [-0.15, -0.1) is 0 Å². The number of hydrogen-bond acceptors (Lipinski definition) is 5. The summed E-state index contributed by atoms with van der Waals surface area (Å²) in [5.41, 5.74) is 2.52. The lowest BCUT2D eigenvalue weighted by Crippen LogP contribution is -2.15. The summed E-state index contributed by atoms with van der Waals surface area (Å²) in [5, 5.41) is 15.7. The summed E-state index contributed by atoms with van der Waals surface area (Å²) < 4.78 is 1.31. The standard InChI is InChI=1S/C18H17N5O3/c1-11-7-16(21-12(2)20-11)22-18(26)15-6-4-3-5-14(15)13-8-19-23(9-13)10-17(24)25/h3-9H,10H2,1-2H3,(H,24,25)(H,20,21,22,26). The molecule has 0 aliphatic rings. The Morgan fingerprint density at radius 2 is 1.96 bits per heavy atom. The van der Waals surface area contributed by atoms with Gasteiger partial charge in [0.15, 0.2) is 0 Å². The van der Waals surface area contributed by atoms with Gasteiger partial charge in [-0.1, -0.05) is 18.2 Å². The topological polar surface area (TPSA) is 110 Å². The molecule has 8 nitrogen and oxygen atoms in total. The number of nitrogens with one attached hydrogen (secondary N) is 1. The summed E-state index contributed by atoms with van der Waals surface area (Å²) in [4.78, 5) is 31.9. The molecule has 132 valence electrons. The van der Waals surface area contributed by atoms with Gasteiger partial charge >= 0.3 is 5.97 Å². The van der Waals surface area contributed by atoms with Crippen LogP contribution in [-0.2, 0) is 11.3 Å². The van der Waals surface area contributed by atoms with Crippen LogP contribution in [0.2, 0.25) is 0 Å². The van der Waals surface area contributed by atoms with Crippen molar-refractivity contribution in [1.29, 1.82) is 0 Å². The van der Waals surface area contributed by atoms with Crippen LogP contribution in [0.3, 0.4) is 0 Å². The molecule has 0 aliphatic carbocycles. The Morgan fingerprint density at radius 1 is 1.19 bits per heavy atom. The molecule has 2 N–H and O–H groups in total. The van der Waals surface area contributed by atoms with E-state index in [1.54, 1.807) is 43.5 Å². The lowest BCUT2D eigenvalue weighted by atomic mass is 10.0. The van der Waals surface area contributed by atoms with Crippen molar-refractivity contribution in [1.82, 2.24) is 19.7 Å². The van der Waals surface area contributed by atoms with Crippen LogP contribution in [-0.4, -0.2) is 36.7 Å². The van der Waals surface area contributed by atoms with E-state index in [-0.39, 0.29) is 12.5 Å². The summed E-state index contributed by atoms with van der Waals surface area (Å²) in [5.74, 6) is -0.302. The molecule has 0 radical (unpaired) electrons. The number of amides is 1. The van der Waals surface area contributed by atoms with Crippen LogP contribution in [0.15, 0.2) is 42.7 Å². The van der Waals surface area contributed by atoms with Crippen molar-refractivity contribution in [3.05, 3.63) is 59.8 Å². The van der Waals surface area contributed by atoms with E-state index in [9.17, 15) is 9.59 Å². The van der Waals surface area contributed by atoms with Gasteiger partial charge in [-0.3, -0.25) is 14.3 Å². The van der Waals surface area contributed by atoms with Crippen LogP contribution < -0.4 is 5.32 Å². The van der Waals surface area contributed by atoms with Crippen molar-refractivity contribution < 1.29 is 14.7 Å². The quantitative estimate of drug-likeness (QED) is 0.730. The molecule has 0 aliphatic heterocycles. The van der Waals surface area contributed by atoms with E-state index in [1.807, 2.05) is 6.92 Å². The van der Waals surface area contributed by atoms with Crippen molar-refractivity contribution in [2.45, 2.75) is 20.4 Å². The van der Waals surface area contributed by atoms with Gasteiger partial charge in [-0.05, 0) is 25.5 Å². The number of carbonyl (C=O) groups excluding carboxylic acids is 1. The molecule has 2 heterocycles. The predicted octanol–water partition coefficient (Wildman–Crippen LogP) is 2.29. The minimum atomic E-state index is -0.986. The molecule has 0 saturated heterocycles. The summed E-state index contributed by atoms with van der Waals surface area (Å²) in [6, 6.07) is 8.74. The zero-order chi connectivity index (χ0) is 18.7. The first-order chi connectivity index (χ1) is 12.4. The Hall–Kier alpha value is -3.55. The third-order valence-electron chi connectivity index (χ3n) is 3.62. The number of anilines is 1. The molecule has 3 rings (SSSR count). The molecule has 1 aromatic carbocycles. The number of aliphatic carboxylic acids is 1. The SMILES string of the molecule is Cc1cc(NC(=O)c2ccccc2-c2cnn(CC(=O)O)c2)nc(C)n1. The molecule has 1 amide bonds. The molecule has 0 bridgehead atoms. The van der Waals surface area contributed by atoms with E-state index in [1.165, 1.54) is 10.9 Å². The van der Waals surface area contributed by atoms with Crippen molar-refractivity contribution >= 4 is 17.7 Å². The normalized spacial score (nSPS) is 10.5. The first-order valence-corrected chi connectivity index (χ1v) is 7.89. The predicted molar refractivity (Wildman–Crippen MR) is 94.8 cm³/mol. The fourth-order valence-corrected chi connectivity index (χ4v) is 2.63. The lowest BCUT2D eigenvalue weighted by Gasteiger charge is -2.09. The molecule has 0 unspecified atom stereocenters. The third kappa shape index (κ3) is 3.92. The van der Waals surface area contributed by atoms with Crippen molar-refractivity contribution in [2.24, 2.45) is 0 Å². The molecule has 0 atom stereocenters. The Morgan fingerprint density at radius 3 is 2.69 bits per heavy atom. The van der Waals surface area contributed by atoms with E-state index < -0.39 is 5.97 Å². The number of aromatic nitrogens is 4. The van der Waals surface area contributed by atoms with Gasteiger partial charge in [0.05, 0.1) is 6.20 Å². The van der Waals surface area contributed by atoms with Crippen molar-refractivity contribution in [3.63, 3.8) is 0 Å². The molecular weight excluding hydrogens is 334 g/mol. The van der Waals surface area contributed by atoms with E-state index in [0.717, 1.165) is 5.69 Å². The largest absolute Gasteiger partial charge is 0.480 e. The first-order valence-electron chi connectivity index (χ1n) is 7.89. The summed E-state index contributed by atoms with van der Waals surface area (Å²) in [6.07, 6.45) is 3.13. The number of carbonyl (C=O) groups is 2. The average molecular weight is 351 g/mol. The second-order valence-electron chi connectivity index (χ2n) is 5.76. The molecule has 26 heavy (non-hydrogen) atoms. The molecule has 2 aromatic heterocycles. The zero-order valence-corrected chi connectivity index (χ0v) is 14.3. The number of aryl methyl sites for hydroxylation is 2. The highest BCUT2D eigenvalue weighted by Crippen LogP contribution is 2.24. The van der Waals surface area contributed by atoms with Crippen LogP contribution in [0, 0.1) is 13.8 Å². The number of carboxylic acids is 1. The minimum Gasteiger partial charge on any atom is -0.480 e.